The summed E-state index contributed by atoms with van der Waals surface area (Å²) in [5.41, 5.74) is 0.483. The normalized spacial score (nSPS) is 27.0. The van der Waals surface area contributed by atoms with Crippen LogP contribution in [0.4, 0.5) is 9.80 Å². The summed E-state index contributed by atoms with van der Waals surface area (Å²) in [6.07, 6.45) is 5.24. The van der Waals surface area contributed by atoms with Crippen molar-refractivity contribution in [2.75, 3.05) is 11.9 Å². The summed E-state index contributed by atoms with van der Waals surface area (Å²) in [6, 6.07) is -0.525. The Bertz CT molecular complexity index is 977. The van der Waals surface area contributed by atoms with E-state index >= 15 is 0 Å². The molecule has 3 aliphatic rings. The van der Waals surface area contributed by atoms with Gasteiger partial charge in [0.25, 0.3) is 5.91 Å². The molecule has 1 aliphatic heterocycles. The average Bonchev–Trinajstić information content (AvgIpc) is 3.19. The highest BCUT2D eigenvalue weighted by Crippen LogP contribution is 2.40. The lowest BCUT2D eigenvalue weighted by Gasteiger charge is -2.33. The van der Waals surface area contributed by atoms with Crippen molar-refractivity contribution in [2.45, 2.75) is 84.3 Å². The lowest BCUT2D eigenvalue weighted by atomic mass is 9.77. The smallest absolute Gasteiger partial charge is 0.341 e. The van der Waals surface area contributed by atoms with E-state index in [2.05, 4.69) is 24.5 Å². The van der Waals surface area contributed by atoms with Crippen LogP contribution in [-0.2, 0) is 27.2 Å². The molecular formula is C24H33N3O5S. The highest BCUT2D eigenvalue weighted by Gasteiger charge is 2.52. The molecule has 0 unspecified atom stereocenters. The van der Waals surface area contributed by atoms with Gasteiger partial charge < -0.3 is 15.4 Å². The summed E-state index contributed by atoms with van der Waals surface area (Å²) < 4.78 is 5.45. The maximum atomic E-state index is 13.1. The van der Waals surface area contributed by atoms with Crippen LogP contribution >= 0.6 is 11.3 Å². The molecule has 33 heavy (non-hydrogen) atoms. The molecule has 4 rings (SSSR count). The fourth-order valence-corrected chi connectivity index (χ4v) is 6.47. The number of ether oxygens (including phenoxy) is 1. The van der Waals surface area contributed by atoms with Gasteiger partial charge in [-0.1, -0.05) is 13.8 Å². The second-order valence-corrected chi connectivity index (χ2v) is 11.2. The van der Waals surface area contributed by atoms with E-state index in [0.29, 0.717) is 35.2 Å². The Morgan fingerprint density at radius 3 is 2.55 bits per heavy atom. The van der Waals surface area contributed by atoms with Crippen molar-refractivity contribution >= 4 is 40.2 Å². The standard InChI is InChI=1S/C24H33N3O5S/c1-13(2)32-21(29)19-16-6-5-15(4)11-17(16)33-20(19)25-18(28)12-27-22(30)24(26-23(27)31)9-7-14(3)8-10-24/h13-15H,5-12H2,1-4H3,(H,25,28)(H,26,31)/t14?,15-,24?/m0/s1. The van der Waals surface area contributed by atoms with Gasteiger partial charge in [0.05, 0.1) is 11.7 Å². The summed E-state index contributed by atoms with van der Waals surface area (Å²) in [4.78, 5) is 53.5. The third-order valence-electron chi connectivity index (χ3n) is 6.99. The van der Waals surface area contributed by atoms with Crippen LogP contribution in [0.3, 0.4) is 0 Å². The monoisotopic (exact) mass is 475 g/mol. The van der Waals surface area contributed by atoms with Crippen LogP contribution < -0.4 is 10.6 Å². The van der Waals surface area contributed by atoms with E-state index in [0.717, 1.165) is 47.4 Å². The fourth-order valence-electron chi connectivity index (χ4n) is 5.05. The van der Waals surface area contributed by atoms with Crippen molar-refractivity contribution in [1.82, 2.24) is 10.2 Å². The molecule has 2 aliphatic carbocycles. The minimum atomic E-state index is -0.881. The molecule has 2 heterocycles. The first-order chi connectivity index (χ1) is 15.6. The molecule has 1 saturated carbocycles. The van der Waals surface area contributed by atoms with Gasteiger partial charge in [-0.05, 0) is 76.2 Å². The van der Waals surface area contributed by atoms with Crippen LogP contribution in [0.1, 0.15) is 80.6 Å². The summed E-state index contributed by atoms with van der Waals surface area (Å²) in [7, 11) is 0. The molecule has 0 radical (unpaired) electrons. The first kappa shape index (κ1) is 23.7. The largest absolute Gasteiger partial charge is 0.459 e. The molecular weight excluding hydrogens is 442 g/mol. The van der Waals surface area contributed by atoms with Gasteiger partial charge in [0.15, 0.2) is 0 Å². The molecule has 1 aromatic rings. The van der Waals surface area contributed by atoms with Gasteiger partial charge in [0.1, 0.15) is 17.1 Å². The van der Waals surface area contributed by atoms with Gasteiger partial charge in [0.2, 0.25) is 5.91 Å². The summed E-state index contributed by atoms with van der Waals surface area (Å²) in [6.45, 7) is 7.52. The topological polar surface area (TPSA) is 105 Å². The zero-order valence-corrected chi connectivity index (χ0v) is 20.6. The molecule has 0 bridgehead atoms. The van der Waals surface area contributed by atoms with Gasteiger partial charge in [-0.2, -0.15) is 0 Å². The van der Waals surface area contributed by atoms with Crippen LogP contribution in [0.15, 0.2) is 0 Å². The Morgan fingerprint density at radius 2 is 1.88 bits per heavy atom. The van der Waals surface area contributed by atoms with Crippen LogP contribution in [0, 0.1) is 11.8 Å². The first-order valence-electron chi connectivity index (χ1n) is 11.9. The van der Waals surface area contributed by atoms with E-state index in [1.807, 2.05) is 0 Å². The van der Waals surface area contributed by atoms with E-state index in [-0.39, 0.29) is 18.6 Å². The van der Waals surface area contributed by atoms with Crippen molar-refractivity contribution in [1.29, 1.82) is 0 Å². The Kier molecular flexibility index (Phi) is 6.53. The Labute approximate surface area is 198 Å². The van der Waals surface area contributed by atoms with Crippen molar-refractivity contribution in [3.8, 4) is 0 Å². The molecule has 4 amide bonds. The number of nitrogens with zero attached hydrogens (tertiary/aromatic N) is 1. The number of rotatable bonds is 5. The second-order valence-electron chi connectivity index (χ2n) is 10.1. The number of hydrogen-bond acceptors (Lipinski definition) is 6. The molecule has 1 saturated heterocycles. The maximum Gasteiger partial charge on any atom is 0.341 e. The van der Waals surface area contributed by atoms with Crippen molar-refractivity contribution < 1.29 is 23.9 Å². The molecule has 8 nitrogen and oxygen atoms in total. The Hall–Kier alpha value is -2.42. The number of esters is 1. The van der Waals surface area contributed by atoms with Gasteiger partial charge >= 0.3 is 12.0 Å². The van der Waals surface area contributed by atoms with E-state index in [1.165, 1.54) is 11.3 Å². The van der Waals surface area contributed by atoms with Gasteiger partial charge in [-0.25, -0.2) is 9.59 Å². The number of hydrogen-bond donors (Lipinski definition) is 2. The second kappa shape index (κ2) is 9.08. The minimum Gasteiger partial charge on any atom is -0.459 e. The molecule has 9 heteroatoms. The maximum absolute atomic E-state index is 13.1. The fraction of sp³-hybridized carbons (Fsp3) is 0.667. The minimum absolute atomic E-state index is 0.278. The molecule has 0 aromatic carbocycles. The molecule has 1 spiro atoms. The zero-order valence-electron chi connectivity index (χ0n) is 19.8. The SMILES string of the molecule is CC1CCC2(CC1)NC(=O)N(CC(=O)Nc1sc3c(c1C(=O)OC(C)C)CC[C@H](C)C3)C2=O. The number of urea groups is 1. The van der Waals surface area contributed by atoms with Crippen molar-refractivity contribution in [3.63, 3.8) is 0 Å². The Balaban J connectivity index is 1.51. The highest BCUT2D eigenvalue weighted by molar-refractivity contribution is 7.17. The molecule has 2 N–H and O–H groups in total. The number of amides is 4. The molecule has 180 valence electrons. The zero-order chi connectivity index (χ0) is 23.9. The summed E-state index contributed by atoms with van der Waals surface area (Å²) >= 11 is 1.39. The van der Waals surface area contributed by atoms with Gasteiger partial charge in [-0.3, -0.25) is 14.5 Å². The molecule has 2 fully saturated rings. The predicted octanol–water partition coefficient (Wildman–Crippen LogP) is 3.88. The lowest BCUT2D eigenvalue weighted by Crippen LogP contribution is -2.49. The number of carbonyl (C=O) groups is 4. The van der Waals surface area contributed by atoms with Crippen LogP contribution in [-0.4, -0.2) is 46.9 Å². The van der Waals surface area contributed by atoms with E-state index in [1.54, 1.807) is 13.8 Å². The number of thiophene rings is 1. The number of imide groups is 1. The van der Waals surface area contributed by atoms with Crippen LogP contribution in [0.25, 0.3) is 0 Å². The lowest BCUT2D eigenvalue weighted by molar-refractivity contribution is -0.135. The van der Waals surface area contributed by atoms with Crippen LogP contribution in [0.5, 0.6) is 0 Å². The first-order valence-corrected chi connectivity index (χ1v) is 12.7. The molecule has 1 aromatic heterocycles. The van der Waals surface area contributed by atoms with E-state index < -0.39 is 23.4 Å². The van der Waals surface area contributed by atoms with Crippen molar-refractivity contribution in [3.05, 3.63) is 16.0 Å². The quantitative estimate of drug-likeness (QED) is 0.497. The van der Waals surface area contributed by atoms with E-state index in [4.69, 9.17) is 4.74 Å². The number of carbonyl (C=O) groups excluding carboxylic acids is 4. The molecule has 1 atom stereocenters. The number of fused-ring (bicyclic) bond motifs is 1. The van der Waals surface area contributed by atoms with E-state index in [9.17, 15) is 19.2 Å². The van der Waals surface area contributed by atoms with Crippen molar-refractivity contribution in [2.24, 2.45) is 11.8 Å². The average molecular weight is 476 g/mol. The highest BCUT2D eigenvalue weighted by atomic mass is 32.1. The van der Waals surface area contributed by atoms with Crippen LogP contribution in [0.2, 0.25) is 0 Å². The van der Waals surface area contributed by atoms with Gasteiger partial charge in [0, 0.05) is 4.88 Å². The number of nitrogens with one attached hydrogen (secondary N) is 2. The van der Waals surface area contributed by atoms with Gasteiger partial charge in [-0.15, -0.1) is 11.3 Å². The Morgan fingerprint density at radius 1 is 1.18 bits per heavy atom. The third-order valence-corrected chi connectivity index (χ3v) is 8.16. The summed E-state index contributed by atoms with van der Waals surface area (Å²) in [5, 5.41) is 6.09. The predicted molar refractivity (Wildman–Crippen MR) is 125 cm³/mol. The number of anilines is 1. The summed E-state index contributed by atoms with van der Waals surface area (Å²) in [5.74, 6) is -0.237. The third kappa shape index (κ3) is 4.65.